The molecule has 0 radical (unpaired) electrons. The molecule has 0 aliphatic carbocycles. The molecule has 0 spiro atoms. The lowest BCUT2D eigenvalue weighted by Crippen LogP contribution is -2.48. The first-order chi connectivity index (χ1) is 11.0. The third-order valence-electron chi connectivity index (χ3n) is 4.94. The second-order valence-electron chi connectivity index (χ2n) is 6.32. The van der Waals surface area contributed by atoms with Crippen LogP contribution in [0.15, 0.2) is 23.1 Å². The Morgan fingerprint density at radius 2 is 1.96 bits per heavy atom. The molecule has 24 heavy (non-hydrogen) atoms. The van der Waals surface area contributed by atoms with Crippen molar-refractivity contribution in [3.8, 4) is 0 Å². The lowest BCUT2D eigenvalue weighted by molar-refractivity contribution is -0.387. The molecule has 3 rings (SSSR count). The molecule has 0 aromatic heterocycles. The van der Waals surface area contributed by atoms with E-state index in [2.05, 4.69) is 5.32 Å². The van der Waals surface area contributed by atoms with Crippen LogP contribution in [-0.2, 0) is 0 Å². The van der Waals surface area contributed by atoms with Crippen LogP contribution in [-0.4, -0.2) is 47.2 Å². The normalized spacial score (nSPS) is 25.0. The van der Waals surface area contributed by atoms with Crippen molar-refractivity contribution >= 4 is 35.8 Å². The van der Waals surface area contributed by atoms with Gasteiger partial charge in [0.1, 0.15) is 0 Å². The molecule has 2 unspecified atom stereocenters. The summed E-state index contributed by atoms with van der Waals surface area (Å²) in [6.07, 6.45) is 6.07. The van der Waals surface area contributed by atoms with E-state index in [1.165, 1.54) is 30.7 Å². The highest BCUT2D eigenvalue weighted by atomic mass is 35.5. The molecule has 8 heteroatoms. The van der Waals surface area contributed by atoms with E-state index in [9.17, 15) is 14.9 Å². The Labute approximate surface area is 151 Å². The van der Waals surface area contributed by atoms with Gasteiger partial charge in [0, 0.05) is 36.8 Å². The van der Waals surface area contributed by atoms with Crippen molar-refractivity contribution in [2.75, 3.05) is 13.3 Å². The molecule has 0 saturated carbocycles. The maximum atomic E-state index is 12.7. The van der Waals surface area contributed by atoms with Crippen molar-refractivity contribution in [1.82, 2.24) is 10.2 Å². The van der Waals surface area contributed by atoms with Gasteiger partial charge in [-0.15, -0.1) is 24.2 Å². The van der Waals surface area contributed by atoms with Crippen LogP contribution in [0.1, 0.15) is 36.0 Å². The number of benzene rings is 1. The van der Waals surface area contributed by atoms with Gasteiger partial charge in [0.15, 0.2) is 0 Å². The predicted octanol–water partition coefficient (Wildman–Crippen LogP) is 3.09. The van der Waals surface area contributed by atoms with Crippen molar-refractivity contribution in [1.29, 1.82) is 0 Å². The van der Waals surface area contributed by atoms with Gasteiger partial charge in [-0.2, -0.15) is 0 Å². The molecule has 6 nitrogen and oxygen atoms in total. The average Bonchev–Trinajstić information content (AvgIpc) is 2.90. The zero-order valence-electron chi connectivity index (χ0n) is 13.7. The first kappa shape index (κ1) is 19.0. The van der Waals surface area contributed by atoms with Gasteiger partial charge >= 0.3 is 0 Å². The van der Waals surface area contributed by atoms with Crippen molar-refractivity contribution in [3.63, 3.8) is 0 Å². The van der Waals surface area contributed by atoms with Crippen molar-refractivity contribution in [2.45, 2.75) is 48.7 Å². The third-order valence-corrected chi connectivity index (χ3v) is 5.72. The molecule has 2 atom stereocenters. The van der Waals surface area contributed by atoms with E-state index in [0.29, 0.717) is 22.5 Å². The number of nitrogens with zero attached hydrogens (tertiary/aromatic N) is 2. The van der Waals surface area contributed by atoms with E-state index in [1.807, 2.05) is 7.05 Å². The Balaban J connectivity index is 0.00000208. The SMILES string of the molecule is CSc1ccc(C(=O)N(C)C2CC3CCC(C2)N3)cc1[N+](=O)[O-].Cl. The van der Waals surface area contributed by atoms with Gasteiger partial charge in [-0.25, -0.2) is 0 Å². The average molecular weight is 372 g/mol. The molecule has 2 aliphatic rings. The van der Waals surface area contributed by atoms with Crippen LogP contribution < -0.4 is 5.32 Å². The van der Waals surface area contributed by atoms with Gasteiger partial charge in [0.2, 0.25) is 0 Å². The fraction of sp³-hybridized carbons (Fsp3) is 0.562. The topological polar surface area (TPSA) is 75.5 Å². The summed E-state index contributed by atoms with van der Waals surface area (Å²) < 4.78 is 0. The summed E-state index contributed by atoms with van der Waals surface area (Å²) in [4.78, 5) is 25.8. The number of nitro benzene ring substituents is 1. The van der Waals surface area contributed by atoms with E-state index < -0.39 is 4.92 Å². The van der Waals surface area contributed by atoms with Crippen LogP contribution in [0.25, 0.3) is 0 Å². The van der Waals surface area contributed by atoms with Crippen LogP contribution in [0.3, 0.4) is 0 Å². The number of carbonyl (C=O) groups excluding carboxylic acids is 1. The minimum atomic E-state index is -0.423. The number of fused-ring (bicyclic) bond motifs is 2. The summed E-state index contributed by atoms with van der Waals surface area (Å²) in [7, 11) is 1.81. The number of thioether (sulfide) groups is 1. The molecule has 2 saturated heterocycles. The zero-order chi connectivity index (χ0) is 16.6. The molecule has 1 N–H and O–H groups in total. The minimum absolute atomic E-state index is 0. The summed E-state index contributed by atoms with van der Waals surface area (Å²) in [6.45, 7) is 0. The fourth-order valence-electron chi connectivity index (χ4n) is 3.68. The number of rotatable bonds is 4. The minimum Gasteiger partial charge on any atom is -0.339 e. The number of carbonyl (C=O) groups is 1. The van der Waals surface area contributed by atoms with E-state index in [1.54, 1.807) is 23.3 Å². The van der Waals surface area contributed by atoms with Crippen molar-refractivity contribution in [2.24, 2.45) is 0 Å². The quantitative estimate of drug-likeness (QED) is 0.500. The summed E-state index contributed by atoms with van der Waals surface area (Å²) >= 11 is 1.31. The monoisotopic (exact) mass is 371 g/mol. The zero-order valence-corrected chi connectivity index (χ0v) is 15.4. The van der Waals surface area contributed by atoms with Crippen LogP contribution in [0.4, 0.5) is 5.69 Å². The van der Waals surface area contributed by atoms with Gasteiger partial charge in [-0.3, -0.25) is 14.9 Å². The molecule has 2 aliphatic heterocycles. The van der Waals surface area contributed by atoms with Crippen LogP contribution in [0.5, 0.6) is 0 Å². The number of nitrogens with one attached hydrogen (secondary N) is 1. The molecule has 1 aromatic carbocycles. The van der Waals surface area contributed by atoms with Crippen LogP contribution in [0.2, 0.25) is 0 Å². The van der Waals surface area contributed by atoms with Gasteiger partial charge < -0.3 is 10.2 Å². The molecular weight excluding hydrogens is 350 g/mol. The van der Waals surface area contributed by atoms with Gasteiger partial charge in [0.25, 0.3) is 11.6 Å². The van der Waals surface area contributed by atoms with Gasteiger partial charge in [-0.05, 0) is 44.1 Å². The summed E-state index contributed by atoms with van der Waals surface area (Å²) in [5, 5.41) is 14.7. The first-order valence-corrected chi connectivity index (χ1v) is 9.07. The highest BCUT2D eigenvalue weighted by molar-refractivity contribution is 7.98. The molecule has 1 aromatic rings. The maximum Gasteiger partial charge on any atom is 0.283 e. The lowest BCUT2D eigenvalue weighted by Gasteiger charge is -2.35. The highest BCUT2D eigenvalue weighted by Crippen LogP contribution is 2.31. The number of halogens is 1. The Bertz CT molecular complexity index is 631. The van der Waals surface area contributed by atoms with E-state index in [4.69, 9.17) is 0 Å². The second kappa shape index (κ2) is 7.72. The second-order valence-corrected chi connectivity index (χ2v) is 7.17. The van der Waals surface area contributed by atoms with E-state index in [0.717, 1.165) is 12.8 Å². The number of nitro groups is 1. The fourth-order valence-corrected chi connectivity index (χ4v) is 4.23. The molecule has 1 amide bonds. The molecular formula is C16H22ClN3O3S. The Morgan fingerprint density at radius 3 is 2.50 bits per heavy atom. The highest BCUT2D eigenvalue weighted by Gasteiger charge is 2.36. The summed E-state index contributed by atoms with van der Waals surface area (Å²) in [5.74, 6) is -0.132. The van der Waals surface area contributed by atoms with Crippen molar-refractivity contribution in [3.05, 3.63) is 33.9 Å². The van der Waals surface area contributed by atoms with Gasteiger partial charge in [-0.1, -0.05) is 0 Å². The number of piperidine rings is 1. The van der Waals surface area contributed by atoms with Crippen LogP contribution in [0, 0.1) is 10.1 Å². The van der Waals surface area contributed by atoms with Gasteiger partial charge in [0.05, 0.1) is 9.82 Å². The largest absolute Gasteiger partial charge is 0.339 e. The number of hydrogen-bond acceptors (Lipinski definition) is 5. The standard InChI is InChI=1S/C16H21N3O3S.ClH/c1-18(13-8-11-4-5-12(9-13)17-11)16(20)10-3-6-15(23-2)14(7-10)19(21)22;/h3,6-7,11-13,17H,4-5,8-9H2,1-2H3;1H. The maximum absolute atomic E-state index is 12.7. The van der Waals surface area contributed by atoms with Crippen LogP contribution >= 0.6 is 24.2 Å². The smallest absolute Gasteiger partial charge is 0.283 e. The Kier molecular flexibility index (Phi) is 6.11. The number of amides is 1. The molecule has 2 heterocycles. The lowest BCUT2D eigenvalue weighted by atomic mass is 9.98. The molecule has 2 bridgehead atoms. The molecule has 132 valence electrons. The van der Waals surface area contributed by atoms with Crippen molar-refractivity contribution < 1.29 is 9.72 Å². The predicted molar refractivity (Wildman–Crippen MR) is 97.2 cm³/mol. The Morgan fingerprint density at radius 1 is 1.33 bits per heavy atom. The summed E-state index contributed by atoms with van der Waals surface area (Å²) in [5.41, 5.74) is 0.394. The molecule has 2 fully saturated rings. The number of hydrogen-bond donors (Lipinski definition) is 1. The van der Waals surface area contributed by atoms with E-state index >= 15 is 0 Å². The van der Waals surface area contributed by atoms with E-state index in [-0.39, 0.29) is 30.0 Å². The summed E-state index contributed by atoms with van der Waals surface area (Å²) in [6, 6.07) is 5.97. The first-order valence-electron chi connectivity index (χ1n) is 7.85. The Hall–Kier alpha value is -1.31. The third kappa shape index (κ3) is 3.68.